The van der Waals surface area contributed by atoms with Crippen LogP contribution in [0.5, 0.6) is 5.75 Å². The molecule has 33 heavy (non-hydrogen) atoms. The number of benzene rings is 2. The van der Waals surface area contributed by atoms with Gasteiger partial charge in [0, 0.05) is 12.6 Å². The van der Waals surface area contributed by atoms with Crippen LogP contribution in [0.4, 0.5) is 21.6 Å². The zero-order valence-electron chi connectivity index (χ0n) is 17.9. The highest BCUT2D eigenvalue weighted by Crippen LogP contribution is 2.41. The molecule has 0 aliphatic carbocycles. The van der Waals surface area contributed by atoms with Crippen molar-refractivity contribution in [3.05, 3.63) is 59.7 Å². The number of halogens is 2. The standard InChI is InChI=1S/C24H23ClFN5O2/c25-16-5-3-6-18(22(16)26)29-24-21-17(27-15-28-24)8-9-19-23(21)33-14-13-31(19)20(32)7-4-12-30-10-1-2-11-30/h3-9,15H,1-2,10-14H2,(H,27,28,29)/b7-4+. The summed E-state index contributed by atoms with van der Waals surface area (Å²) in [6.45, 7) is 3.69. The summed E-state index contributed by atoms with van der Waals surface area (Å²) in [4.78, 5) is 25.6. The number of amides is 1. The van der Waals surface area contributed by atoms with E-state index in [4.69, 9.17) is 16.3 Å². The van der Waals surface area contributed by atoms with E-state index in [-0.39, 0.29) is 16.6 Å². The van der Waals surface area contributed by atoms with E-state index >= 15 is 0 Å². The lowest BCUT2D eigenvalue weighted by Gasteiger charge is -2.30. The van der Waals surface area contributed by atoms with Gasteiger partial charge in [0.1, 0.15) is 18.8 Å². The molecule has 0 atom stereocenters. The minimum absolute atomic E-state index is 0.00845. The lowest BCUT2D eigenvalue weighted by molar-refractivity contribution is -0.114. The number of likely N-dealkylation sites (tertiary alicyclic amines) is 1. The molecule has 1 N–H and O–H groups in total. The zero-order valence-corrected chi connectivity index (χ0v) is 18.7. The summed E-state index contributed by atoms with van der Waals surface area (Å²) < 4.78 is 20.5. The lowest BCUT2D eigenvalue weighted by atomic mass is 10.1. The van der Waals surface area contributed by atoms with Crippen molar-refractivity contribution in [2.75, 3.05) is 43.0 Å². The van der Waals surface area contributed by atoms with Gasteiger partial charge in [-0.05, 0) is 50.2 Å². The molecule has 0 radical (unpaired) electrons. The molecular formula is C24H23ClFN5O2. The highest BCUT2D eigenvalue weighted by atomic mass is 35.5. The van der Waals surface area contributed by atoms with Gasteiger partial charge in [-0.15, -0.1) is 0 Å². The van der Waals surface area contributed by atoms with E-state index in [0.717, 1.165) is 19.6 Å². The summed E-state index contributed by atoms with van der Waals surface area (Å²) in [7, 11) is 0. The molecule has 1 aromatic heterocycles. The van der Waals surface area contributed by atoms with Gasteiger partial charge in [0.25, 0.3) is 5.91 Å². The minimum atomic E-state index is -0.573. The summed E-state index contributed by atoms with van der Waals surface area (Å²) >= 11 is 5.92. The molecule has 1 fully saturated rings. The molecule has 9 heteroatoms. The van der Waals surface area contributed by atoms with Crippen molar-refractivity contribution in [2.45, 2.75) is 12.8 Å². The molecule has 0 bridgehead atoms. The molecule has 0 spiro atoms. The van der Waals surface area contributed by atoms with Crippen LogP contribution in [0.15, 0.2) is 48.8 Å². The summed E-state index contributed by atoms with van der Waals surface area (Å²) in [6.07, 6.45) is 7.36. The van der Waals surface area contributed by atoms with Crippen molar-refractivity contribution in [1.29, 1.82) is 0 Å². The van der Waals surface area contributed by atoms with Gasteiger partial charge in [-0.25, -0.2) is 14.4 Å². The molecule has 2 aliphatic rings. The topological polar surface area (TPSA) is 70.6 Å². The van der Waals surface area contributed by atoms with E-state index in [2.05, 4.69) is 20.2 Å². The number of aromatic nitrogens is 2. The third-order valence-corrected chi connectivity index (χ3v) is 6.17. The molecule has 5 rings (SSSR count). The number of rotatable bonds is 5. The highest BCUT2D eigenvalue weighted by Gasteiger charge is 2.26. The maximum Gasteiger partial charge on any atom is 0.250 e. The quantitative estimate of drug-likeness (QED) is 0.555. The summed E-state index contributed by atoms with van der Waals surface area (Å²) in [5, 5.41) is 3.59. The van der Waals surface area contributed by atoms with Crippen molar-refractivity contribution in [1.82, 2.24) is 14.9 Å². The maximum absolute atomic E-state index is 14.5. The number of carbonyl (C=O) groups excluding carboxylic acids is 1. The molecule has 170 valence electrons. The number of ether oxygens (including phenoxy) is 1. The number of hydrogen-bond donors (Lipinski definition) is 1. The molecule has 2 aromatic carbocycles. The molecule has 7 nitrogen and oxygen atoms in total. The normalized spacial score (nSPS) is 16.2. The van der Waals surface area contributed by atoms with Crippen LogP contribution in [0, 0.1) is 5.82 Å². The second-order valence-corrected chi connectivity index (χ2v) is 8.41. The van der Waals surface area contributed by atoms with Crippen LogP contribution < -0.4 is 15.0 Å². The van der Waals surface area contributed by atoms with Crippen LogP contribution in [0.25, 0.3) is 10.9 Å². The first kappa shape index (κ1) is 21.6. The van der Waals surface area contributed by atoms with Gasteiger partial charge in [0.05, 0.1) is 33.8 Å². The average Bonchev–Trinajstić information content (AvgIpc) is 3.35. The Balaban J connectivity index is 1.47. The summed E-state index contributed by atoms with van der Waals surface area (Å²) in [6, 6.07) is 8.33. The number of fused-ring (bicyclic) bond motifs is 3. The maximum atomic E-state index is 14.5. The fourth-order valence-corrected chi connectivity index (χ4v) is 4.41. The molecular weight excluding hydrogens is 445 g/mol. The number of nitrogens with zero attached hydrogens (tertiary/aromatic N) is 4. The fraction of sp³-hybridized carbons (Fsp3) is 0.292. The van der Waals surface area contributed by atoms with Crippen molar-refractivity contribution >= 4 is 45.6 Å². The zero-order chi connectivity index (χ0) is 22.8. The van der Waals surface area contributed by atoms with Crippen LogP contribution in [0.3, 0.4) is 0 Å². The Kier molecular flexibility index (Phi) is 6.11. The monoisotopic (exact) mass is 467 g/mol. The Bertz CT molecular complexity index is 1230. The fourth-order valence-electron chi connectivity index (χ4n) is 4.24. The predicted octanol–water partition coefficient (Wildman–Crippen LogP) is 4.54. The van der Waals surface area contributed by atoms with E-state index in [1.54, 1.807) is 29.2 Å². The Morgan fingerprint density at radius 2 is 2.03 bits per heavy atom. The molecule has 0 unspecified atom stereocenters. The Morgan fingerprint density at radius 3 is 2.88 bits per heavy atom. The van der Waals surface area contributed by atoms with E-state index in [1.165, 1.54) is 25.2 Å². The SMILES string of the molecule is O=C(/C=C/CN1CCCC1)N1CCOc2c1ccc1ncnc(Nc3cccc(Cl)c3F)c21. The van der Waals surface area contributed by atoms with Gasteiger partial charge in [-0.2, -0.15) is 0 Å². The first-order valence-corrected chi connectivity index (χ1v) is 11.3. The number of nitrogens with one attached hydrogen (secondary N) is 1. The van der Waals surface area contributed by atoms with E-state index in [9.17, 15) is 9.18 Å². The summed E-state index contributed by atoms with van der Waals surface area (Å²) in [5.74, 6) is 0.185. The third kappa shape index (κ3) is 4.36. The van der Waals surface area contributed by atoms with Crippen molar-refractivity contribution in [2.24, 2.45) is 0 Å². The third-order valence-electron chi connectivity index (χ3n) is 5.88. The van der Waals surface area contributed by atoms with Crippen LogP contribution in [-0.2, 0) is 4.79 Å². The first-order chi connectivity index (χ1) is 16.1. The molecule has 2 aliphatic heterocycles. The van der Waals surface area contributed by atoms with Gasteiger partial charge in [0.15, 0.2) is 11.6 Å². The smallest absolute Gasteiger partial charge is 0.250 e. The Morgan fingerprint density at radius 1 is 1.18 bits per heavy atom. The van der Waals surface area contributed by atoms with E-state index < -0.39 is 5.82 Å². The molecule has 3 aromatic rings. The van der Waals surface area contributed by atoms with Gasteiger partial charge >= 0.3 is 0 Å². The molecule has 3 heterocycles. The number of anilines is 3. The highest BCUT2D eigenvalue weighted by molar-refractivity contribution is 6.31. The van der Waals surface area contributed by atoms with E-state index in [0.29, 0.717) is 41.3 Å². The minimum Gasteiger partial charge on any atom is -0.489 e. The van der Waals surface area contributed by atoms with Crippen LogP contribution in [0.1, 0.15) is 12.8 Å². The number of carbonyl (C=O) groups is 1. The van der Waals surface area contributed by atoms with Crippen molar-refractivity contribution in [3.63, 3.8) is 0 Å². The second-order valence-electron chi connectivity index (χ2n) is 8.01. The van der Waals surface area contributed by atoms with E-state index in [1.807, 2.05) is 12.1 Å². The van der Waals surface area contributed by atoms with Crippen LogP contribution >= 0.6 is 11.6 Å². The molecule has 0 saturated carbocycles. The first-order valence-electron chi connectivity index (χ1n) is 10.9. The van der Waals surface area contributed by atoms with Gasteiger partial charge in [0.2, 0.25) is 0 Å². The van der Waals surface area contributed by atoms with Crippen molar-refractivity contribution in [3.8, 4) is 5.75 Å². The summed E-state index contributed by atoms with van der Waals surface area (Å²) in [5.41, 5.74) is 1.44. The van der Waals surface area contributed by atoms with Crippen LogP contribution in [-0.4, -0.2) is 53.6 Å². The molecule has 1 amide bonds. The van der Waals surface area contributed by atoms with Gasteiger partial charge < -0.3 is 15.0 Å². The Labute approximate surface area is 195 Å². The Hall–Kier alpha value is -3.23. The largest absolute Gasteiger partial charge is 0.489 e. The van der Waals surface area contributed by atoms with Crippen LogP contribution in [0.2, 0.25) is 5.02 Å². The van der Waals surface area contributed by atoms with Gasteiger partial charge in [-0.1, -0.05) is 23.7 Å². The van der Waals surface area contributed by atoms with Gasteiger partial charge in [-0.3, -0.25) is 9.69 Å². The van der Waals surface area contributed by atoms with Crippen molar-refractivity contribution < 1.29 is 13.9 Å². The lowest BCUT2D eigenvalue weighted by Crippen LogP contribution is -2.37. The number of hydrogen-bond acceptors (Lipinski definition) is 6. The second kappa shape index (κ2) is 9.33. The average molecular weight is 468 g/mol. The predicted molar refractivity (Wildman–Crippen MR) is 127 cm³/mol. The molecule has 1 saturated heterocycles.